The van der Waals surface area contributed by atoms with Crippen molar-refractivity contribution in [3.63, 3.8) is 0 Å². The molecule has 0 fully saturated rings. The molecule has 0 saturated carbocycles. The monoisotopic (exact) mass is 380 g/mol. The summed E-state index contributed by atoms with van der Waals surface area (Å²) in [6.07, 6.45) is 3.82. The molecule has 1 aliphatic carbocycles. The summed E-state index contributed by atoms with van der Waals surface area (Å²) in [6, 6.07) is 20.3. The summed E-state index contributed by atoms with van der Waals surface area (Å²) in [4.78, 5) is 12.5. The van der Waals surface area contributed by atoms with E-state index in [1.807, 2.05) is 31.2 Å². The van der Waals surface area contributed by atoms with Crippen LogP contribution in [0.15, 0.2) is 65.8 Å². The first-order valence-corrected chi connectivity index (χ1v) is 9.69. The number of aryl methyl sites for hydroxylation is 3. The van der Waals surface area contributed by atoms with Crippen molar-refractivity contribution in [2.45, 2.75) is 19.8 Å². The number of amides is 1. The van der Waals surface area contributed by atoms with Gasteiger partial charge in [0.15, 0.2) is 0 Å². The molecule has 0 atom stereocenters. The number of H-pyrrole nitrogens is 1. The van der Waals surface area contributed by atoms with Crippen LogP contribution in [-0.4, -0.2) is 22.3 Å². The van der Waals surface area contributed by atoms with E-state index in [-0.39, 0.29) is 5.91 Å². The van der Waals surface area contributed by atoms with Gasteiger partial charge in [0.25, 0.3) is 5.91 Å². The van der Waals surface area contributed by atoms with Crippen LogP contribution in [0.2, 0.25) is 0 Å². The minimum absolute atomic E-state index is 0.320. The smallest absolute Gasteiger partial charge is 0.272 e. The van der Waals surface area contributed by atoms with Crippen molar-refractivity contribution in [1.29, 1.82) is 0 Å². The number of hydrogen-bond donors (Lipinski definition) is 2. The Morgan fingerprint density at radius 1 is 1.07 bits per heavy atom. The van der Waals surface area contributed by atoms with E-state index in [9.17, 15) is 4.79 Å². The number of aromatic amines is 1. The summed E-state index contributed by atoms with van der Waals surface area (Å²) in [5, 5.41) is 13.8. The second-order valence-corrected chi connectivity index (χ2v) is 7.33. The maximum atomic E-state index is 12.5. The third-order valence-electron chi connectivity index (χ3n) is 5.53. The van der Waals surface area contributed by atoms with Crippen LogP contribution in [0.1, 0.15) is 32.7 Å². The molecule has 4 aromatic rings. The number of carbonyl (C=O) groups is 1. The predicted octanol–water partition coefficient (Wildman–Crippen LogP) is 4.40. The van der Waals surface area contributed by atoms with Crippen LogP contribution in [0.25, 0.3) is 22.0 Å². The van der Waals surface area contributed by atoms with Crippen molar-refractivity contribution in [1.82, 2.24) is 15.6 Å². The van der Waals surface area contributed by atoms with E-state index in [2.05, 4.69) is 51.1 Å². The summed E-state index contributed by atoms with van der Waals surface area (Å²) in [7, 11) is 0. The first-order valence-electron chi connectivity index (χ1n) is 9.69. The number of nitrogens with zero attached hydrogens (tertiary/aromatic N) is 2. The Bertz CT molecular complexity index is 1260. The second-order valence-electron chi connectivity index (χ2n) is 7.33. The summed E-state index contributed by atoms with van der Waals surface area (Å²) >= 11 is 0. The number of nitrogens with one attached hydrogen (secondary N) is 2. The zero-order chi connectivity index (χ0) is 19.8. The van der Waals surface area contributed by atoms with E-state index >= 15 is 0 Å². The third kappa shape index (κ3) is 3.10. The van der Waals surface area contributed by atoms with E-state index in [1.54, 1.807) is 12.3 Å². The van der Waals surface area contributed by atoms with Gasteiger partial charge in [0.05, 0.1) is 11.9 Å². The number of aromatic nitrogens is 2. The van der Waals surface area contributed by atoms with Crippen molar-refractivity contribution in [3.8, 4) is 11.3 Å². The van der Waals surface area contributed by atoms with E-state index in [4.69, 9.17) is 0 Å². The van der Waals surface area contributed by atoms with Crippen LogP contribution < -0.4 is 5.43 Å². The van der Waals surface area contributed by atoms with Crippen molar-refractivity contribution in [3.05, 3.63) is 88.6 Å². The molecule has 1 aliphatic rings. The van der Waals surface area contributed by atoms with Crippen LogP contribution in [-0.2, 0) is 12.8 Å². The molecule has 2 N–H and O–H groups in total. The van der Waals surface area contributed by atoms with Gasteiger partial charge in [0, 0.05) is 5.56 Å². The van der Waals surface area contributed by atoms with Crippen molar-refractivity contribution in [2.24, 2.45) is 5.10 Å². The zero-order valence-corrected chi connectivity index (χ0v) is 16.1. The van der Waals surface area contributed by atoms with Gasteiger partial charge in [-0.1, -0.05) is 54.6 Å². The molecule has 3 aromatic carbocycles. The summed E-state index contributed by atoms with van der Waals surface area (Å²) < 4.78 is 0. The Morgan fingerprint density at radius 2 is 1.90 bits per heavy atom. The standard InChI is InChI=1S/C24H20N4O/c1-15-5-2-3-6-18(15)14-25-28-24(29)22-13-21(26-27-22)19-12-11-17-10-9-16-7-4-8-20(19)23(16)17/h2-8,11-14H,9-10H2,1H3,(H,26,27)(H,28,29)/b25-14+. The highest BCUT2D eigenvalue weighted by Crippen LogP contribution is 2.36. The van der Waals surface area contributed by atoms with Crippen molar-refractivity contribution >= 4 is 22.9 Å². The van der Waals surface area contributed by atoms with Crippen molar-refractivity contribution < 1.29 is 4.79 Å². The number of carbonyl (C=O) groups excluding carboxylic acids is 1. The highest BCUT2D eigenvalue weighted by atomic mass is 16.2. The topological polar surface area (TPSA) is 70.1 Å². The summed E-state index contributed by atoms with van der Waals surface area (Å²) in [5.74, 6) is -0.320. The van der Waals surface area contributed by atoms with Gasteiger partial charge >= 0.3 is 0 Å². The Hall–Kier alpha value is -3.73. The third-order valence-corrected chi connectivity index (χ3v) is 5.53. The Labute approximate surface area is 168 Å². The van der Waals surface area contributed by atoms with Crippen LogP contribution in [0.3, 0.4) is 0 Å². The molecule has 1 aromatic heterocycles. The highest BCUT2D eigenvalue weighted by molar-refractivity contribution is 6.02. The second kappa shape index (κ2) is 7.02. The molecular formula is C24H20N4O. The molecule has 1 heterocycles. The lowest BCUT2D eigenvalue weighted by Gasteiger charge is -2.06. The van der Waals surface area contributed by atoms with Crippen molar-refractivity contribution in [2.75, 3.05) is 0 Å². The number of rotatable bonds is 4. The molecule has 5 heteroatoms. The normalized spacial score (nSPS) is 12.7. The molecule has 0 spiro atoms. The fourth-order valence-electron chi connectivity index (χ4n) is 4.00. The van der Waals surface area contributed by atoms with Gasteiger partial charge < -0.3 is 0 Å². The Morgan fingerprint density at radius 3 is 2.76 bits per heavy atom. The van der Waals surface area contributed by atoms with Gasteiger partial charge in [0.1, 0.15) is 5.69 Å². The molecule has 0 saturated heterocycles. The van der Waals surface area contributed by atoms with E-state index in [1.165, 1.54) is 21.9 Å². The molecule has 0 aliphatic heterocycles. The SMILES string of the molecule is Cc1ccccc1/C=N/NC(=O)c1cc(-c2ccc3c4c(cccc24)CC3)n[nH]1. The van der Waals surface area contributed by atoms with E-state index in [0.717, 1.165) is 35.2 Å². The maximum absolute atomic E-state index is 12.5. The lowest BCUT2D eigenvalue weighted by molar-refractivity contribution is 0.0950. The van der Waals surface area contributed by atoms with Gasteiger partial charge in [-0.05, 0) is 58.9 Å². The first kappa shape index (κ1) is 17.4. The number of benzene rings is 3. The van der Waals surface area contributed by atoms with Crippen LogP contribution >= 0.6 is 0 Å². The molecule has 1 amide bonds. The Kier molecular flexibility index (Phi) is 4.21. The fraction of sp³-hybridized carbons (Fsp3) is 0.125. The largest absolute Gasteiger partial charge is 0.289 e. The zero-order valence-electron chi connectivity index (χ0n) is 16.1. The average molecular weight is 380 g/mol. The van der Waals surface area contributed by atoms with Crippen LogP contribution in [0, 0.1) is 6.92 Å². The fourth-order valence-corrected chi connectivity index (χ4v) is 4.00. The van der Waals surface area contributed by atoms with Crippen LogP contribution in [0.5, 0.6) is 0 Å². The van der Waals surface area contributed by atoms with Gasteiger partial charge in [0.2, 0.25) is 0 Å². The molecule has 0 unspecified atom stereocenters. The number of hydrogen-bond acceptors (Lipinski definition) is 3. The van der Waals surface area contributed by atoms with Gasteiger partial charge in [-0.15, -0.1) is 0 Å². The highest BCUT2D eigenvalue weighted by Gasteiger charge is 2.18. The molecule has 142 valence electrons. The van der Waals surface area contributed by atoms with E-state index < -0.39 is 0 Å². The minimum Gasteiger partial charge on any atom is -0.272 e. The minimum atomic E-state index is -0.320. The molecule has 5 rings (SSSR count). The van der Waals surface area contributed by atoms with Crippen LogP contribution in [0.4, 0.5) is 0 Å². The first-order chi connectivity index (χ1) is 14.2. The van der Waals surface area contributed by atoms with Gasteiger partial charge in [-0.25, -0.2) is 5.43 Å². The molecule has 0 bridgehead atoms. The van der Waals surface area contributed by atoms with Gasteiger partial charge in [-0.3, -0.25) is 9.89 Å². The summed E-state index contributed by atoms with van der Waals surface area (Å²) in [6.45, 7) is 2.00. The van der Waals surface area contributed by atoms with Gasteiger partial charge in [-0.2, -0.15) is 10.2 Å². The lowest BCUT2D eigenvalue weighted by atomic mass is 9.98. The quantitative estimate of drug-likeness (QED) is 0.407. The predicted molar refractivity (Wildman–Crippen MR) is 115 cm³/mol. The van der Waals surface area contributed by atoms with E-state index in [0.29, 0.717) is 5.69 Å². The summed E-state index contributed by atoms with van der Waals surface area (Å²) in [5.41, 5.74) is 9.57. The average Bonchev–Trinajstić information content (AvgIpc) is 3.39. The number of hydrazone groups is 1. The molecule has 0 radical (unpaired) electrons. The molecule has 5 nitrogen and oxygen atoms in total. The lowest BCUT2D eigenvalue weighted by Crippen LogP contribution is -2.18. The molecular weight excluding hydrogens is 360 g/mol. The maximum Gasteiger partial charge on any atom is 0.289 e. The Balaban J connectivity index is 1.40. The molecule has 29 heavy (non-hydrogen) atoms.